The van der Waals surface area contributed by atoms with E-state index in [9.17, 15) is 0 Å². The summed E-state index contributed by atoms with van der Waals surface area (Å²) in [6.07, 6.45) is 12.2. The Hall–Kier alpha value is -0.0400. The zero-order valence-electron chi connectivity index (χ0n) is 15.0. The van der Waals surface area contributed by atoms with Gasteiger partial charge in [0.2, 0.25) is 0 Å². The maximum Gasteiger partial charge on any atom is 0.0494 e. The first-order chi connectivity index (χ1) is 10.6. The maximum atomic E-state index is 5.72. The van der Waals surface area contributed by atoms with Gasteiger partial charge in [0.05, 0.1) is 0 Å². The second-order valence-corrected chi connectivity index (χ2v) is 9.46. The van der Waals surface area contributed by atoms with Crippen LogP contribution in [0.5, 0.6) is 0 Å². The van der Waals surface area contributed by atoms with Gasteiger partial charge in [0.15, 0.2) is 0 Å². The van der Waals surface area contributed by atoms with Crippen LogP contribution < -0.4 is 0 Å². The second kappa shape index (κ2) is 5.80. The van der Waals surface area contributed by atoms with Gasteiger partial charge in [-0.2, -0.15) is 0 Å². The summed E-state index contributed by atoms with van der Waals surface area (Å²) < 4.78 is 5.72. The van der Waals surface area contributed by atoms with Gasteiger partial charge >= 0.3 is 0 Å². The lowest BCUT2D eigenvalue weighted by Crippen LogP contribution is -2.57. The van der Waals surface area contributed by atoms with Crippen LogP contribution >= 0.6 is 0 Å². The molecule has 4 aliphatic rings. The summed E-state index contributed by atoms with van der Waals surface area (Å²) in [7, 11) is 0. The molecule has 0 aromatic carbocycles. The van der Waals surface area contributed by atoms with Crippen LogP contribution in [0.4, 0.5) is 0 Å². The molecule has 0 bridgehead atoms. The van der Waals surface area contributed by atoms with Gasteiger partial charge in [0.25, 0.3) is 0 Å². The van der Waals surface area contributed by atoms with E-state index in [-0.39, 0.29) is 0 Å². The number of fused-ring (bicyclic) bond motifs is 5. The molecule has 0 aromatic heterocycles. The first-order valence-electron chi connectivity index (χ1n) is 10.2. The first-order valence-corrected chi connectivity index (χ1v) is 10.2. The third-order valence-corrected chi connectivity index (χ3v) is 8.79. The molecule has 0 aromatic rings. The molecule has 4 rings (SSSR count). The normalized spacial score (nSPS) is 53.9. The molecule has 0 aliphatic heterocycles. The van der Waals surface area contributed by atoms with Crippen molar-refractivity contribution in [3.63, 3.8) is 0 Å². The van der Waals surface area contributed by atoms with Crippen LogP contribution in [-0.4, -0.2) is 13.2 Å². The predicted molar refractivity (Wildman–Crippen MR) is 91.6 cm³/mol. The van der Waals surface area contributed by atoms with Crippen molar-refractivity contribution in [2.45, 2.75) is 72.1 Å². The average Bonchev–Trinajstić information content (AvgIpc) is 2.54. The van der Waals surface area contributed by atoms with Gasteiger partial charge in [-0.3, -0.25) is 0 Å². The highest BCUT2D eigenvalue weighted by atomic mass is 16.5. The van der Waals surface area contributed by atoms with E-state index in [0.717, 1.165) is 60.1 Å². The third-order valence-electron chi connectivity index (χ3n) is 8.79. The molecule has 0 radical (unpaired) electrons. The minimum atomic E-state index is 0.722. The highest BCUT2D eigenvalue weighted by Crippen LogP contribution is 2.66. The smallest absolute Gasteiger partial charge is 0.0494 e. The van der Waals surface area contributed by atoms with E-state index < -0.39 is 0 Å². The molecule has 4 saturated carbocycles. The fourth-order valence-corrected chi connectivity index (χ4v) is 7.28. The molecule has 4 fully saturated rings. The summed E-state index contributed by atoms with van der Waals surface area (Å²) in [6.45, 7) is 9.20. The molecular weight excluding hydrogens is 268 g/mol. The average molecular weight is 305 g/mol. The van der Waals surface area contributed by atoms with Gasteiger partial charge in [-0.15, -0.1) is 0 Å². The van der Waals surface area contributed by atoms with E-state index >= 15 is 0 Å². The third kappa shape index (κ3) is 2.29. The van der Waals surface area contributed by atoms with Crippen molar-refractivity contribution < 1.29 is 4.74 Å². The van der Waals surface area contributed by atoms with Crippen LogP contribution in [0, 0.1) is 46.8 Å². The minimum Gasteiger partial charge on any atom is -0.381 e. The summed E-state index contributed by atoms with van der Waals surface area (Å²) in [5.74, 6) is 7.27. The molecule has 3 unspecified atom stereocenters. The Bertz CT molecular complexity index is 405. The Balaban J connectivity index is 1.42. The molecule has 4 aliphatic carbocycles. The van der Waals surface area contributed by atoms with Gasteiger partial charge in [-0.1, -0.05) is 13.8 Å². The highest BCUT2D eigenvalue weighted by Gasteiger charge is 2.58. The Kier molecular flexibility index (Phi) is 4.08. The standard InChI is InChI=1S/C21H36O/c1-4-22-13-15-5-7-17-16(12-15)6-8-19-18(17)9-10-21(3)14(2)11-20(19)21/h14-20H,4-13H2,1-3H3/t14?,15-,16+,17-,18?,19+,20?,21+/m0/s1. The van der Waals surface area contributed by atoms with Gasteiger partial charge in [-0.05, 0) is 105 Å². The van der Waals surface area contributed by atoms with Gasteiger partial charge in [0, 0.05) is 13.2 Å². The number of hydrogen-bond donors (Lipinski definition) is 0. The molecule has 1 nitrogen and oxygen atoms in total. The second-order valence-electron chi connectivity index (χ2n) is 9.46. The molecular formula is C21H36O. The summed E-state index contributed by atoms with van der Waals surface area (Å²) in [5, 5.41) is 0. The lowest BCUT2D eigenvalue weighted by Gasteiger charge is -2.64. The molecule has 8 atom stereocenters. The molecule has 1 heteroatoms. The van der Waals surface area contributed by atoms with Crippen LogP contribution in [-0.2, 0) is 4.74 Å². The summed E-state index contributed by atoms with van der Waals surface area (Å²) in [5.41, 5.74) is 0.722. The van der Waals surface area contributed by atoms with Crippen molar-refractivity contribution in [3.8, 4) is 0 Å². The summed E-state index contributed by atoms with van der Waals surface area (Å²) >= 11 is 0. The Labute approximate surface area is 137 Å². The monoisotopic (exact) mass is 304 g/mol. The van der Waals surface area contributed by atoms with Crippen LogP contribution in [0.15, 0.2) is 0 Å². The Morgan fingerprint density at radius 1 is 0.955 bits per heavy atom. The lowest BCUT2D eigenvalue weighted by molar-refractivity contribution is -0.155. The van der Waals surface area contributed by atoms with Crippen LogP contribution in [0.2, 0.25) is 0 Å². The minimum absolute atomic E-state index is 0.722. The van der Waals surface area contributed by atoms with Crippen molar-refractivity contribution in [1.29, 1.82) is 0 Å². The van der Waals surface area contributed by atoms with Crippen LogP contribution in [0.3, 0.4) is 0 Å². The number of hydrogen-bond acceptors (Lipinski definition) is 1. The summed E-state index contributed by atoms with van der Waals surface area (Å²) in [6, 6.07) is 0. The van der Waals surface area contributed by atoms with E-state index in [4.69, 9.17) is 4.74 Å². The van der Waals surface area contributed by atoms with E-state index in [0.29, 0.717) is 0 Å². The van der Waals surface area contributed by atoms with Crippen LogP contribution in [0.1, 0.15) is 72.1 Å². The van der Waals surface area contributed by atoms with Crippen molar-refractivity contribution in [1.82, 2.24) is 0 Å². The highest BCUT2D eigenvalue weighted by molar-refractivity contribution is 5.07. The van der Waals surface area contributed by atoms with E-state index in [2.05, 4.69) is 20.8 Å². The Morgan fingerprint density at radius 3 is 2.55 bits per heavy atom. The van der Waals surface area contributed by atoms with E-state index in [1.807, 2.05) is 0 Å². The Morgan fingerprint density at radius 2 is 1.77 bits per heavy atom. The molecule has 0 spiro atoms. The van der Waals surface area contributed by atoms with Gasteiger partial charge in [0.1, 0.15) is 0 Å². The fourth-order valence-electron chi connectivity index (χ4n) is 7.28. The van der Waals surface area contributed by atoms with Crippen molar-refractivity contribution in [2.24, 2.45) is 46.8 Å². The zero-order valence-corrected chi connectivity index (χ0v) is 15.0. The molecule has 22 heavy (non-hydrogen) atoms. The summed E-state index contributed by atoms with van der Waals surface area (Å²) in [4.78, 5) is 0. The molecule has 126 valence electrons. The van der Waals surface area contributed by atoms with Crippen molar-refractivity contribution in [3.05, 3.63) is 0 Å². The van der Waals surface area contributed by atoms with Gasteiger partial charge in [-0.25, -0.2) is 0 Å². The van der Waals surface area contributed by atoms with Crippen molar-refractivity contribution >= 4 is 0 Å². The molecule has 0 saturated heterocycles. The molecule has 0 heterocycles. The predicted octanol–water partition coefficient (Wildman–Crippen LogP) is 5.54. The largest absolute Gasteiger partial charge is 0.381 e. The van der Waals surface area contributed by atoms with E-state index in [1.54, 1.807) is 19.3 Å². The quantitative estimate of drug-likeness (QED) is 0.665. The number of ether oxygens (including phenoxy) is 1. The zero-order chi connectivity index (χ0) is 15.3. The maximum absolute atomic E-state index is 5.72. The van der Waals surface area contributed by atoms with Gasteiger partial charge < -0.3 is 4.74 Å². The lowest BCUT2D eigenvalue weighted by atomic mass is 9.40. The van der Waals surface area contributed by atoms with Crippen molar-refractivity contribution in [2.75, 3.05) is 13.2 Å². The number of rotatable bonds is 3. The fraction of sp³-hybridized carbons (Fsp3) is 1.00. The first kappa shape index (κ1) is 15.5. The topological polar surface area (TPSA) is 9.23 Å². The molecule has 0 amide bonds. The SMILES string of the molecule is CCOC[C@H]1CC[C@@H]2C3CC[C@]4(C)C(C)CC4[C@@H]3CC[C@@H]2C1. The van der Waals surface area contributed by atoms with E-state index in [1.165, 1.54) is 32.1 Å². The molecule has 0 N–H and O–H groups in total. The van der Waals surface area contributed by atoms with Crippen LogP contribution in [0.25, 0.3) is 0 Å².